The molecule has 1 aromatic carbocycles. The summed E-state index contributed by atoms with van der Waals surface area (Å²) in [5.41, 5.74) is 2.92. The first-order valence-electron chi connectivity index (χ1n) is 10.0. The van der Waals surface area contributed by atoms with Gasteiger partial charge in [0.1, 0.15) is 11.8 Å². The van der Waals surface area contributed by atoms with Crippen LogP contribution in [0.4, 0.5) is 6.01 Å². The van der Waals surface area contributed by atoms with Crippen molar-refractivity contribution in [2.24, 2.45) is 5.92 Å². The highest BCUT2D eigenvalue weighted by Crippen LogP contribution is 2.28. The number of rotatable bonds is 2. The van der Waals surface area contributed by atoms with Crippen LogP contribution in [0.15, 0.2) is 53.3 Å². The van der Waals surface area contributed by atoms with E-state index in [0.717, 1.165) is 17.6 Å². The lowest BCUT2D eigenvalue weighted by atomic mass is 10.1. The van der Waals surface area contributed by atoms with E-state index < -0.39 is 0 Å². The van der Waals surface area contributed by atoms with Crippen LogP contribution in [0.1, 0.15) is 10.4 Å². The van der Waals surface area contributed by atoms with Crippen LogP contribution in [0, 0.1) is 5.92 Å². The van der Waals surface area contributed by atoms with Crippen LogP contribution in [0.25, 0.3) is 16.7 Å². The van der Waals surface area contributed by atoms with Crippen LogP contribution in [0.3, 0.4) is 0 Å². The third kappa shape index (κ3) is 2.89. The molecule has 0 N–H and O–H groups in total. The van der Waals surface area contributed by atoms with Crippen molar-refractivity contribution in [3.63, 3.8) is 0 Å². The molecule has 2 atom stereocenters. The molecule has 9 nitrogen and oxygen atoms in total. The van der Waals surface area contributed by atoms with Crippen molar-refractivity contribution in [2.45, 2.75) is 6.04 Å². The third-order valence-electron chi connectivity index (χ3n) is 5.80. The summed E-state index contributed by atoms with van der Waals surface area (Å²) in [7, 11) is 0. The highest BCUT2D eigenvalue weighted by atomic mass is 16.5. The molecule has 4 aromatic rings. The zero-order valence-corrected chi connectivity index (χ0v) is 16.2. The molecule has 2 saturated heterocycles. The molecule has 2 aliphatic rings. The smallest absolute Gasteiger partial charge is 0.298 e. The molecular formula is C21H20N6O3. The first-order valence-corrected chi connectivity index (χ1v) is 10.0. The summed E-state index contributed by atoms with van der Waals surface area (Å²) in [6, 6.07) is 11.9. The summed E-state index contributed by atoms with van der Waals surface area (Å²) in [6.45, 7) is 3.08. The summed E-state index contributed by atoms with van der Waals surface area (Å²) >= 11 is 0. The van der Waals surface area contributed by atoms with Gasteiger partial charge in [-0.2, -0.15) is 10.1 Å². The average molecular weight is 404 g/mol. The second kappa shape index (κ2) is 6.81. The number of benzene rings is 1. The fourth-order valence-electron chi connectivity index (χ4n) is 4.35. The van der Waals surface area contributed by atoms with Gasteiger partial charge in [-0.1, -0.05) is 12.1 Å². The van der Waals surface area contributed by atoms with E-state index in [-0.39, 0.29) is 17.9 Å². The molecular weight excluding hydrogens is 384 g/mol. The quantitative estimate of drug-likeness (QED) is 0.504. The number of aromatic nitrogens is 4. The lowest BCUT2D eigenvalue weighted by Crippen LogP contribution is -2.46. The van der Waals surface area contributed by atoms with Crippen molar-refractivity contribution in [1.29, 1.82) is 0 Å². The van der Waals surface area contributed by atoms with Gasteiger partial charge in [-0.3, -0.25) is 4.79 Å². The van der Waals surface area contributed by atoms with Crippen LogP contribution < -0.4 is 4.90 Å². The molecule has 2 fully saturated rings. The first kappa shape index (κ1) is 17.4. The van der Waals surface area contributed by atoms with E-state index in [1.165, 1.54) is 6.33 Å². The third-order valence-corrected chi connectivity index (χ3v) is 5.80. The molecule has 9 heteroatoms. The van der Waals surface area contributed by atoms with Crippen molar-refractivity contribution in [2.75, 3.05) is 37.7 Å². The van der Waals surface area contributed by atoms with Gasteiger partial charge in [0.05, 0.1) is 24.8 Å². The Morgan fingerprint density at radius 3 is 2.93 bits per heavy atom. The fraction of sp³-hybridized carbons (Fsp3) is 0.333. The van der Waals surface area contributed by atoms with Gasteiger partial charge in [-0.05, 0) is 24.3 Å². The van der Waals surface area contributed by atoms with Crippen molar-refractivity contribution in [3.05, 3.63) is 54.5 Å². The molecule has 3 aromatic heterocycles. The zero-order valence-electron chi connectivity index (χ0n) is 16.2. The molecule has 0 saturated carbocycles. The number of carbonyl (C=O) groups is 1. The van der Waals surface area contributed by atoms with E-state index >= 15 is 0 Å². The Morgan fingerprint density at radius 1 is 1.07 bits per heavy atom. The SMILES string of the molecule is O=C(c1ccc2ncnn2c1)N1C[C@H]2COC[C@@H]1CN(c1nc3ccccc3o1)C2. The molecule has 6 rings (SSSR count). The average Bonchev–Trinajstić information content (AvgIpc) is 3.30. The molecule has 152 valence electrons. The van der Waals surface area contributed by atoms with Gasteiger partial charge < -0.3 is 19.0 Å². The fourth-order valence-corrected chi connectivity index (χ4v) is 4.35. The monoisotopic (exact) mass is 404 g/mol. The van der Waals surface area contributed by atoms with Crippen LogP contribution in [-0.2, 0) is 4.74 Å². The van der Waals surface area contributed by atoms with Gasteiger partial charge >= 0.3 is 0 Å². The Morgan fingerprint density at radius 2 is 2.00 bits per heavy atom. The van der Waals surface area contributed by atoms with E-state index in [9.17, 15) is 4.79 Å². The molecule has 30 heavy (non-hydrogen) atoms. The minimum absolute atomic E-state index is 0.0210. The number of anilines is 1. The Balaban J connectivity index is 1.31. The maximum atomic E-state index is 13.4. The van der Waals surface area contributed by atoms with Crippen LogP contribution in [0.5, 0.6) is 0 Å². The van der Waals surface area contributed by atoms with Crippen molar-refractivity contribution in [3.8, 4) is 0 Å². The molecule has 1 amide bonds. The largest absolute Gasteiger partial charge is 0.423 e. The lowest BCUT2D eigenvalue weighted by molar-refractivity contribution is 0.0609. The van der Waals surface area contributed by atoms with Gasteiger partial charge in [0.25, 0.3) is 11.9 Å². The molecule has 2 bridgehead atoms. The van der Waals surface area contributed by atoms with E-state index in [2.05, 4.69) is 20.0 Å². The lowest BCUT2D eigenvalue weighted by Gasteiger charge is -2.30. The van der Waals surface area contributed by atoms with Crippen LogP contribution >= 0.6 is 0 Å². The highest BCUT2D eigenvalue weighted by Gasteiger charge is 2.37. The molecule has 5 heterocycles. The predicted molar refractivity (Wildman–Crippen MR) is 108 cm³/mol. The number of amides is 1. The summed E-state index contributed by atoms with van der Waals surface area (Å²) in [5.74, 6) is 0.152. The van der Waals surface area contributed by atoms with Gasteiger partial charge in [-0.25, -0.2) is 9.50 Å². The summed E-state index contributed by atoms with van der Waals surface area (Å²) in [6.07, 6.45) is 3.22. The minimum Gasteiger partial charge on any atom is -0.423 e. The number of pyridine rings is 1. The second-order valence-corrected chi connectivity index (χ2v) is 7.86. The highest BCUT2D eigenvalue weighted by molar-refractivity contribution is 5.94. The van der Waals surface area contributed by atoms with Crippen LogP contribution in [0.2, 0.25) is 0 Å². The summed E-state index contributed by atoms with van der Waals surface area (Å²) in [4.78, 5) is 26.3. The first-order chi connectivity index (χ1) is 14.7. The Hall–Kier alpha value is -3.46. The van der Waals surface area contributed by atoms with Crippen LogP contribution in [-0.4, -0.2) is 69.3 Å². The number of fused-ring (bicyclic) bond motifs is 5. The molecule has 0 radical (unpaired) electrons. The number of hydrogen-bond donors (Lipinski definition) is 0. The number of ether oxygens (including phenoxy) is 1. The van der Waals surface area contributed by atoms with E-state index in [1.54, 1.807) is 16.8 Å². The van der Waals surface area contributed by atoms with Gasteiger partial charge in [-0.15, -0.1) is 0 Å². The minimum atomic E-state index is -0.0912. The molecule has 0 unspecified atom stereocenters. The van der Waals surface area contributed by atoms with Crippen molar-refractivity contribution < 1.29 is 13.9 Å². The summed E-state index contributed by atoms with van der Waals surface area (Å²) in [5, 5.41) is 4.15. The maximum Gasteiger partial charge on any atom is 0.298 e. The van der Waals surface area contributed by atoms with E-state index in [0.29, 0.717) is 43.5 Å². The maximum absolute atomic E-state index is 13.4. The van der Waals surface area contributed by atoms with E-state index in [1.807, 2.05) is 35.2 Å². The Kier molecular flexibility index (Phi) is 3.95. The van der Waals surface area contributed by atoms with Gasteiger partial charge in [0, 0.05) is 31.7 Å². The van der Waals surface area contributed by atoms with Gasteiger partial charge in [0.2, 0.25) is 0 Å². The Bertz CT molecular complexity index is 1200. The normalized spacial score (nSPS) is 21.9. The number of oxazole rings is 1. The van der Waals surface area contributed by atoms with Crippen molar-refractivity contribution in [1.82, 2.24) is 24.5 Å². The topological polar surface area (TPSA) is 89.0 Å². The van der Waals surface area contributed by atoms with Gasteiger partial charge in [0.15, 0.2) is 11.2 Å². The standard InChI is InChI=1S/C21H20N6O3/c28-20(15-5-6-19-22-13-23-27(19)9-15)26-8-14-7-25(10-16(26)12-29-11-14)21-24-17-3-1-2-4-18(17)30-21/h1-6,9,13-14,16H,7-8,10-12H2/t14-,16-/m0/s1. The molecule has 0 aliphatic carbocycles. The predicted octanol–water partition coefficient (Wildman–Crippen LogP) is 1.85. The molecule has 0 spiro atoms. The van der Waals surface area contributed by atoms with E-state index in [4.69, 9.17) is 9.15 Å². The number of para-hydroxylation sites is 2. The summed E-state index contributed by atoms with van der Waals surface area (Å²) < 4.78 is 13.5. The molecule has 2 aliphatic heterocycles. The van der Waals surface area contributed by atoms with Crippen molar-refractivity contribution >= 4 is 28.7 Å². The zero-order chi connectivity index (χ0) is 20.1. The number of hydrogen-bond acceptors (Lipinski definition) is 7. The number of carbonyl (C=O) groups excluding carboxylic acids is 1. The second-order valence-electron chi connectivity index (χ2n) is 7.86. The Labute approximate surface area is 171 Å². The number of nitrogens with zero attached hydrogens (tertiary/aromatic N) is 6.